The fraction of sp³-hybridized carbons (Fsp3) is 0.176. The molecule has 122 valence electrons. The molecule has 0 bridgehead atoms. The third-order valence-electron chi connectivity index (χ3n) is 3.66. The van der Waals surface area contributed by atoms with Gasteiger partial charge < -0.3 is 5.32 Å². The van der Waals surface area contributed by atoms with E-state index in [2.05, 4.69) is 25.9 Å². The molecule has 3 rings (SSSR count). The summed E-state index contributed by atoms with van der Waals surface area (Å²) in [5.41, 5.74) is 2.65. The number of aromatic amines is 1. The summed E-state index contributed by atoms with van der Waals surface area (Å²) in [5.74, 6) is -0.919. The van der Waals surface area contributed by atoms with Crippen molar-refractivity contribution in [3.63, 3.8) is 0 Å². The van der Waals surface area contributed by atoms with Crippen molar-refractivity contribution < 1.29 is 9.18 Å². The number of carbonyl (C=O) groups is 1. The van der Waals surface area contributed by atoms with Gasteiger partial charge in [-0.25, -0.2) is 4.39 Å². The fourth-order valence-corrected chi connectivity index (χ4v) is 2.34. The molecule has 0 aliphatic rings. The zero-order valence-electron chi connectivity index (χ0n) is 13.0. The van der Waals surface area contributed by atoms with Gasteiger partial charge in [-0.05, 0) is 43.2 Å². The maximum atomic E-state index is 13.0. The first kappa shape index (κ1) is 15.8. The Morgan fingerprint density at radius 2 is 1.88 bits per heavy atom. The third-order valence-corrected chi connectivity index (χ3v) is 3.66. The van der Waals surface area contributed by atoms with Crippen LogP contribution in [0.2, 0.25) is 0 Å². The van der Waals surface area contributed by atoms with Gasteiger partial charge in [0.2, 0.25) is 5.91 Å². The minimum atomic E-state index is -0.600. The van der Waals surface area contributed by atoms with E-state index in [4.69, 9.17) is 0 Å². The Kier molecular flexibility index (Phi) is 4.60. The van der Waals surface area contributed by atoms with Crippen LogP contribution in [0.1, 0.15) is 22.9 Å². The van der Waals surface area contributed by atoms with Crippen LogP contribution in [-0.4, -0.2) is 26.5 Å². The zero-order valence-corrected chi connectivity index (χ0v) is 13.0. The molecule has 0 aliphatic heterocycles. The standard InChI is InChI=1S/C17H16FN5O/c1-11-2-4-12(5-3-11)10-15(16-20-22-23-21-16)17(24)19-14-8-6-13(18)7-9-14/h2-9,15H,10H2,1H3,(H,19,24)(H,20,21,22,23)/t15-/m1/s1. The summed E-state index contributed by atoms with van der Waals surface area (Å²) in [6, 6.07) is 13.5. The van der Waals surface area contributed by atoms with Gasteiger partial charge in [-0.1, -0.05) is 35.0 Å². The number of anilines is 1. The minimum absolute atomic E-state index is 0.274. The van der Waals surface area contributed by atoms with E-state index >= 15 is 0 Å². The summed E-state index contributed by atoms with van der Waals surface area (Å²) in [4.78, 5) is 12.6. The number of hydrogen-bond donors (Lipinski definition) is 2. The lowest BCUT2D eigenvalue weighted by atomic mass is 9.97. The van der Waals surface area contributed by atoms with Gasteiger partial charge in [0.1, 0.15) is 11.7 Å². The number of hydrogen-bond acceptors (Lipinski definition) is 4. The number of rotatable bonds is 5. The smallest absolute Gasteiger partial charge is 0.235 e. The van der Waals surface area contributed by atoms with Crippen LogP contribution in [0.15, 0.2) is 48.5 Å². The van der Waals surface area contributed by atoms with Crippen molar-refractivity contribution in [1.29, 1.82) is 0 Å². The topological polar surface area (TPSA) is 83.6 Å². The van der Waals surface area contributed by atoms with Gasteiger partial charge in [-0.15, -0.1) is 10.2 Å². The van der Waals surface area contributed by atoms with Crippen LogP contribution in [0.3, 0.4) is 0 Å². The first-order valence-corrected chi connectivity index (χ1v) is 7.47. The number of carbonyl (C=O) groups excluding carboxylic acids is 1. The van der Waals surface area contributed by atoms with E-state index in [9.17, 15) is 9.18 Å². The summed E-state index contributed by atoms with van der Waals surface area (Å²) < 4.78 is 13.0. The van der Waals surface area contributed by atoms with Crippen LogP contribution >= 0.6 is 0 Å². The molecule has 2 aromatic carbocycles. The molecule has 0 radical (unpaired) electrons. The SMILES string of the molecule is Cc1ccc(C[C@@H](C(=O)Nc2ccc(F)cc2)c2nn[nH]n2)cc1. The molecule has 1 aromatic heterocycles. The average molecular weight is 325 g/mol. The molecule has 6 nitrogen and oxygen atoms in total. The molecule has 0 fully saturated rings. The molecule has 0 aliphatic carbocycles. The molecule has 24 heavy (non-hydrogen) atoms. The quantitative estimate of drug-likeness (QED) is 0.755. The lowest BCUT2D eigenvalue weighted by Crippen LogP contribution is -2.24. The van der Waals surface area contributed by atoms with E-state index in [0.717, 1.165) is 11.1 Å². The maximum Gasteiger partial charge on any atom is 0.235 e. The second-order valence-electron chi connectivity index (χ2n) is 5.51. The van der Waals surface area contributed by atoms with Crippen molar-refractivity contribution in [3.05, 3.63) is 71.3 Å². The Bertz CT molecular complexity index is 800. The highest BCUT2D eigenvalue weighted by Gasteiger charge is 2.25. The molecule has 3 aromatic rings. The summed E-state index contributed by atoms with van der Waals surface area (Å²) in [7, 11) is 0. The number of aromatic nitrogens is 4. The van der Waals surface area contributed by atoms with Gasteiger partial charge in [-0.2, -0.15) is 5.21 Å². The van der Waals surface area contributed by atoms with Gasteiger partial charge in [0.05, 0.1) is 0 Å². The number of halogens is 1. The number of aryl methyl sites for hydroxylation is 1. The predicted octanol–water partition coefficient (Wildman–Crippen LogP) is 2.61. The van der Waals surface area contributed by atoms with Crippen LogP contribution < -0.4 is 5.32 Å². The number of nitrogens with one attached hydrogen (secondary N) is 2. The van der Waals surface area contributed by atoms with Crippen molar-refractivity contribution >= 4 is 11.6 Å². The summed E-state index contributed by atoms with van der Waals surface area (Å²) in [6.45, 7) is 2.00. The van der Waals surface area contributed by atoms with Crippen molar-refractivity contribution in [2.45, 2.75) is 19.3 Å². The van der Waals surface area contributed by atoms with Gasteiger partial charge in [0.25, 0.3) is 0 Å². The number of H-pyrrole nitrogens is 1. The summed E-state index contributed by atoms with van der Waals surface area (Å²) in [5, 5.41) is 16.5. The van der Waals surface area contributed by atoms with Gasteiger partial charge in [-0.3, -0.25) is 4.79 Å². The normalized spacial score (nSPS) is 11.9. The summed E-state index contributed by atoms with van der Waals surface area (Å²) in [6.07, 6.45) is 0.437. The predicted molar refractivity (Wildman–Crippen MR) is 86.8 cm³/mol. The van der Waals surface area contributed by atoms with Gasteiger partial charge in [0, 0.05) is 5.69 Å². The Hall–Kier alpha value is -3.09. The number of nitrogens with zero attached hydrogens (tertiary/aromatic N) is 3. The highest BCUT2D eigenvalue weighted by molar-refractivity contribution is 5.95. The largest absolute Gasteiger partial charge is 0.325 e. The Labute approximate surface area is 138 Å². The molecule has 2 N–H and O–H groups in total. The molecule has 1 amide bonds. The number of amides is 1. The molecule has 0 saturated carbocycles. The lowest BCUT2D eigenvalue weighted by molar-refractivity contribution is -0.117. The van der Waals surface area contributed by atoms with Gasteiger partial charge in [0.15, 0.2) is 5.82 Å². The molecule has 0 unspecified atom stereocenters. The molecule has 1 atom stereocenters. The minimum Gasteiger partial charge on any atom is -0.325 e. The van der Waals surface area contributed by atoms with Crippen LogP contribution in [0.25, 0.3) is 0 Å². The second-order valence-corrected chi connectivity index (χ2v) is 5.51. The first-order valence-electron chi connectivity index (χ1n) is 7.47. The van der Waals surface area contributed by atoms with E-state index in [1.54, 1.807) is 0 Å². The molecule has 0 saturated heterocycles. The van der Waals surface area contributed by atoms with E-state index in [0.29, 0.717) is 17.9 Å². The number of benzene rings is 2. The van der Waals surface area contributed by atoms with Crippen LogP contribution in [0.4, 0.5) is 10.1 Å². The Morgan fingerprint density at radius 3 is 2.50 bits per heavy atom. The van der Waals surface area contributed by atoms with Crippen LogP contribution in [0, 0.1) is 12.7 Å². The van der Waals surface area contributed by atoms with Crippen molar-refractivity contribution in [1.82, 2.24) is 20.6 Å². The molecular weight excluding hydrogens is 309 g/mol. The van der Waals surface area contributed by atoms with Gasteiger partial charge >= 0.3 is 0 Å². The first-order chi connectivity index (χ1) is 11.6. The highest BCUT2D eigenvalue weighted by Crippen LogP contribution is 2.20. The molecule has 7 heteroatoms. The van der Waals surface area contributed by atoms with E-state index in [1.807, 2.05) is 31.2 Å². The second kappa shape index (κ2) is 6.99. The molecular formula is C17H16FN5O. The van der Waals surface area contributed by atoms with Crippen molar-refractivity contribution in [2.24, 2.45) is 0 Å². The van der Waals surface area contributed by atoms with Crippen molar-refractivity contribution in [3.8, 4) is 0 Å². The Balaban J connectivity index is 1.80. The molecule has 0 spiro atoms. The zero-order chi connectivity index (χ0) is 16.9. The van der Waals surface area contributed by atoms with Crippen molar-refractivity contribution in [2.75, 3.05) is 5.32 Å². The highest BCUT2D eigenvalue weighted by atomic mass is 19.1. The van der Waals surface area contributed by atoms with E-state index in [-0.39, 0.29) is 11.7 Å². The fourth-order valence-electron chi connectivity index (χ4n) is 2.34. The average Bonchev–Trinajstić information content (AvgIpc) is 3.10. The van der Waals surface area contributed by atoms with Crippen LogP contribution in [0.5, 0.6) is 0 Å². The summed E-state index contributed by atoms with van der Waals surface area (Å²) >= 11 is 0. The maximum absolute atomic E-state index is 13.0. The molecule has 1 heterocycles. The Morgan fingerprint density at radius 1 is 1.17 bits per heavy atom. The van der Waals surface area contributed by atoms with Crippen LogP contribution in [-0.2, 0) is 11.2 Å². The number of tetrazole rings is 1. The van der Waals surface area contributed by atoms with E-state index in [1.165, 1.54) is 24.3 Å². The monoisotopic (exact) mass is 325 g/mol. The van der Waals surface area contributed by atoms with E-state index < -0.39 is 5.92 Å². The lowest BCUT2D eigenvalue weighted by Gasteiger charge is -2.14. The third kappa shape index (κ3) is 3.81.